The topological polar surface area (TPSA) is 42.7 Å². The van der Waals surface area contributed by atoms with E-state index in [-0.39, 0.29) is 11.5 Å². The van der Waals surface area contributed by atoms with Crippen LogP contribution in [0.2, 0.25) is 0 Å². The van der Waals surface area contributed by atoms with E-state index in [1.165, 1.54) is 23.2 Å². The Hall–Kier alpha value is -2.64. The van der Waals surface area contributed by atoms with Crippen molar-refractivity contribution >= 4 is 22.5 Å². The van der Waals surface area contributed by atoms with Crippen LogP contribution in [-0.2, 0) is 6.54 Å². The lowest BCUT2D eigenvalue weighted by molar-refractivity contribution is 0.00495. The van der Waals surface area contributed by atoms with Crippen LogP contribution in [0, 0.1) is 18.6 Å². The van der Waals surface area contributed by atoms with Crippen LogP contribution in [0.3, 0.4) is 0 Å². The summed E-state index contributed by atoms with van der Waals surface area (Å²) in [6.45, 7) is 1.83. The quantitative estimate of drug-likeness (QED) is 0.716. The first kappa shape index (κ1) is 16.2. The minimum atomic E-state index is -2.90. The molecule has 126 valence electrons. The third-order valence-corrected chi connectivity index (χ3v) is 3.48. The summed E-state index contributed by atoms with van der Waals surface area (Å²) in [7, 11) is 0. The van der Waals surface area contributed by atoms with Crippen molar-refractivity contribution in [2.75, 3.05) is 5.32 Å². The molecule has 0 aliphatic heterocycles. The maximum atomic E-state index is 14.0. The smallest absolute Gasteiger partial charge is 0.262 e. The highest BCUT2D eigenvalue weighted by molar-refractivity contribution is 5.88. The van der Waals surface area contributed by atoms with E-state index in [1.54, 1.807) is 13.0 Å². The lowest BCUT2D eigenvalue weighted by Crippen LogP contribution is -2.18. The van der Waals surface area contributed by atoms with Gasteiger partial charge in [0.25, 0.3) is 5.92 Å². The first-order valence-electron chi connectivity index (χ1n) is 7.15. The largest absolute Gasteiger partial charge is 0.336 e. The van der Waals surface area contributed by atoms with Crippen molar-refractivity contribution < 1.29 is 17.6 Å². The standard InChI is InChI=1S/C16H14F4N4/c1-9-5-10(17)6-11(18)13(9)23-15-14-12(3-4-21-15)24(8-22-14)7-16(2,19)20/h3-6,8H,7H2,1-2H3,(H,21,23). The number of aromatic nitrogens is 3. The monoisotopic (exact) mass is 338 g/mol. The van der Waals surface area contributed by atoms with E-state index < -0.39 is 24.1 Å². The van der Waals surface area contributed by atoms with Gasteiger partial charge in [0.05, 0.1) is 24.1 Å². The summed E-state index contributed by atoms with van der Waals surface area (Å²) in [4.78, 5) is 8.17. The fourth-order valence-electron chi connectivity index (χ4n) is 2.49. The molecule has 0 bridgehead atoms. The number of nitrogens with zero attached hydrogens (tertiary/aromatic N) is 3. The van der Waals surface area contributed by atoms with Crippen LogP contribution in [0.5, 0.6) is 0 Å². The van der Waals surface area contributed by atoms with Gasteiger partial charge in [-0.25, -0.2) is 27.5 Å². The Morgan fingerprint density at radius 2 is 1.96 bits per heavy atom. The van der Waals surface area contributed by atoms with Crippen molar-refractivity contribution in [1.29, 1.82) is 0 Å². The van der Waals surface area contributed by atoms with Gasteiger partial charge in [-0.2, -0.15) is 0 Å². The second-order valence-corrected chi connectivity index (χ2v) is 5.67. The van der Waals surface area contributed by atoms with E-state index in [9.17, 15) is 17.6 Å². The summed E-state index contributed by atoms with van der Waals surface area (Å²) in [5.74, 6) is -4.15. The summed E-state index contributed by atoms with van der Waals surface area (Å²) in [6, 6.07) is 3.49. The molecule has 3 aromatic rings. The molecule has 0 spiro atoms. The summed E-state index contributed by atoms with van der Waals surface area (Å²) >= 11 is 0. The van der Waals surface area contributed by atoms with Gasteiger partial charge in [0.2, 0.25) is 0 Å². The molecule has 3 rings (SSSR count). The van der Waals surface area contributed by atoms with Gasteiger partial charge in [-0.1, -0.05) is 0 Å². The van der Waals surface area contributed by atoms with Crippen molar-refractivity contribution in [2.45, 2.75) is 26.3 Å². The van der Waals surface area contributed by atoms with Crippen LogP contribution in [0.4, 0.5) is 29.1 Å². The van der Waals surface area contributed by atoms with Crippen LogP contribution in [0.15, 0.2) is 30.7 Å². The number of rotatable bonds is 4. The molecule has 0 aliphatic carbocycles. The molecule has 1 aromatic carbocycles. The van der Waals surface area contributed by atoms with E-state index in [4.69, 9.17) is 0 Å². The number of halogens is 4. The van der Waals surface area contributed by atoms with Crippen molar-refractivity contribution in [3.63, 3.8) is 0 Å². The lowest BCUT2D eigenvalue weighted by atomic mass is 10.2. The van der Waals surface area contributed by atoms with Crippen LogP contribution in [-0.4, -0.2) is 20.5 Å². The number of pyridine rings is 1. The van der Waals surface area contributed by atoms with Crippen molar-refractivity contribution in [1.82, 2.24) is 14.5 Å². The third kappa shape index (κ3) is 3.17. The number of benzene rings is 1. The molecule has 0 aliphatic rings. The number of nitrogens with one attached hydrogen (secondary N) is 1. The molecule has 0 radical (unpaired) electrons. The summed E-state index contributed by atoms with van der Waals surface area (Å²) < 4.78 is 54.9. The van der Waals surface area contributed by atoms with Crippen LogP contribution in [0.1, 0.15) is 12.5 Å². The van der Waals surface area contributed by atoms with Crippen molar-refractivity contribution in [3.8, 4) is 0 Å². The molecule has 24 heavy (non-hydrogen) atoms. The number of fused-ring (bicyclic) bond motifs is 1. The van der Waals surface area contributed by atoms with Crippen molar-refractivity contribution in [3.05, 3.63) is 47.9 Å². The Labute approximate surface area is 135 Å². The first-order chi connectivity index (χ1) is 11.2. The highest BCUT2D eigenvalue weighted by atomic mass is 19.3. The van der Waals surface area contributed by atoms with Crippen LogP contribution >= 0.6 is 0 Å². The molecule has 4 nitrogen and oxygen atoms in total. The van der Waals surface area contributed by atoms with Gasteiger partial charge in [0.15, 0.2) is 5.82 Å². The van der Waals surface area contributed by atoms with Crippen molar-refractivity contribution in [2.24, 2.45) is 0 Å². The molecular weight excluding hydrogens is 324 g/mol. The van der Waals surface area contributed by atoms with Gasteiger partial charge in [-0.05, 0) is 24.6 Å². The van der Waals surface area contributed by atoms with Gasteiger partial charge in [0.1, 0.15) is 17.2 Å². The number of alkyl halides is 2. The average molecular weight is 338 g/mol. The fourth-order valence-corrected chi connectivity index (χ4v) is 2.49. The summed E-state index contributed by atoms with van der Waals surface area (Å²) in [5.41, 5.74) is 1.18. The van der Waals surface area contributed by atoms with E-state index in [2.05, 4.69) is 15.3 Å². The Morgan fingerprint density at radius 3 is 2.62 bits per heavy atom. The van der Waals surface area contributed by atoms with E-state index in [0.717, 1.165) is 13.0 Å². The molecule has 0 fully saturated rings. The minimum absolute atomic E-state index is 0.0618. The van der Waals surface area contributed by atoms with Gasteiger partial charge < -0.3 is 9.88 Å². The van der Waals surface area contributed by atoms with Gasteiger partial charge in [-0.15, -0.1) is 0 Å². The van der Waals surface area contributed by atoms with Gasteiger partial charge in [0, 0.05) is 19.2 Å². The van der Waals surface area contributed by atoms with E-state index in [1.807, 2.05) is 0 Å². The zero-order valence-corrected chi connectivity index (χ0v) is 12.9. The normalized spacial score (nSPS) is 11.9. The van der Waals surface area contributed by atoms with Gasteiger partial charge in [-0.3, -0.25) is 0 Å². The molecule has 0 saturated heterocycles. The number of anilines is 2. The Kier molecular flexibility index (Phi) is 3.90. The highest BCUT2D eigenvalue weighted by Crippen LogP contribution is 2.28. The molecule has 0 saturated carbocycles. The predicted molar refractivity (Wildman–Crippen MR) is 82.5 cm³/mol. The minimum Gasteiger partial charge on any atom is -0.336 e. The number of imidazole rings is 1. The molecule has 0 amide bonds. The van der Waals surface area contributed by atoms with E-state index in [0.29, 0.717) is 16.6 Å². The molecular formula is C16H14F4N4. The third-order valence-electron chi connectivity index (χ3n) is 3.48. The number of hydrogen-bond donors (Lipinski definition) is 1. The Bertz CT molecular complexity index is 876. The maximum Gasteiger partial charge on any atom is 0.262 e. The summed E-state index contributed by atoms with van der Waals surface area (Å²) in [6.07, 6.45) is 2.69. The lowest BCUT2D eigenvalue weighted by Gasteiger charge is -2.13. The molecule has 0 atom stereocenters. The van der Waals surface area contributed by atoms with Gasteiger partial charge >= 0.3 is 0 Å². The van der Waals surface area contributed by atoms with Crippen LogP contribution in [0.25, 0.3) is 11.0 Å². The molecule has 8 heteroatoms. The predicted octanol–water partition coefficient (Wildman–Crippen LogP) is 4.42. The zero-order valence-electron chi connectivity index (χ0n) is 12.9. The second kappa shape index (κ2) is 5.77. The molecule has 0 unspecified atom stereocenters. The number of hydrogen-bond acceptors (Lipinski definition) is 3. The Morgan fingerprint density at radius 1 is 1.21 bits per heavy atom. The fraction of sp³-hybridized carbons (Fsp3) is 0.250. The average Bonchev–Trinajstić information content (AvgIpc) is 2.85. The summed E-state index contributed by atoms with van der Waals surface area (Å²) in [5, 5.41) is 2.77. The number of aryl methyl sites for hydroxylation is 1. The maximum absolute atomic E-state index is 14.0. The Balaban J connectivity index is 2.03. The molecule has 2 heterocycles. The second-order valence-electron chi connectivity index (χ2n) is 5.67. The van der Waals surface area contributed by atoms with Crippen LogP contribution < -0.4 is 5.32 Å². The highest BCUT2D eigenvalue weighted by Gasteiger charge is 2.23. The SMILES string of the molecule is Cc1cc(F)cc(F)c1Nc1nccc2c1ncn2CC(C)(F)F. The molecule has 1 N–H and O–H groups in total. The van der Waals surface area contributed by atoms with E-state index >= 15 is 0 Å². The zero-order chi connectivity index (χ0) is 17.5. The molecule has 2 aromatic heterocycles. The first-order valence-corrected chi connectivity index (χ1v) is 7.15.